The molecule has 13 heteroatoms. The first-order valence-electron chi connectivity index (χ1n) is 14.2. The number of piperazine rings is 1. The Labute approximate surface area is 254 Å². The van der Waals surface area contributed by atoms with Gasteiger partial charge >= 0.3 is 6.18 Å². The number of rotatable bonds is 6. The molecule has 1 aliphatic rings. The molecule has 1 fully saturated rings. The lowest BCUT2D eigenvalue weighted by Gasteiger charge is -2.31. The number of hydrogen-bond acceptors (Lipinski definition) is 8. The maximum absolute atomic E-state index is 14.2. The third-order valence-electron chi connectivity index (χ3n) is 7.67. The fourth-order valence-corrected chi connectivity index (χ4v) is 5.59. The lowest BCUT2D eigenvalue weighted by molar-refractivity contribution is -0.137. The van der Waals surface area contributed by atoms with Gasteiger partial charge in [0.15, 0.2) is 5.65 Å². The van der Waals surface area contributed by atoms with Gasteiger partial charge in [0.2, 0.25) is 5.95 Å². The van der Waals surface area contributed by atoms with E-state index in [4.69, 9.17) is 0 Å². The molecule has 0 unspecified atom stereocenters. The van der Waals surface area contributed by atoms with Crippen molar-refractivity contribution in [3.8, 4) is 28.1 Å². The Morgan fingerprint density at radius 3 is 2.38 bits per heavy atom. The molecule has 45 heavy (non-hydrogen) atoms. The van der Waals surface area contributed by atoms with Crippen LogP contribution in [0.2, 0.25) is 0 Å². The average Bonchev–Trinajstić information content (AvgIpc) is 3.59. The first-order chi connectivity index (χ1) is 21.9. The number of halogens is 3. The molecule has 0 amide bonds. The molecule has 7 rings (SSSR count). The Bertz CT molecular complexity index is 2040. The number of nitrogens with zero attached hydrogens (tertiary/aromatic N) is 6. The van der Waals surface area contributed by atoms with Crippen molar-refractivity contribution in [3.63, 3.8) is 0 Å². The van der Waals surface area contributed by atoms with Crippen LogP contribution in [0.15, 0.2) is 96.6 Å². The molecule has 0 spiro atoms. The summed E-state index contributed by atoms with van der Waals surface area (Å²) in [5.74, 6) is 0.511. The van der Waals surface area contributed by atoms with E-state index in [1.54, 1.807) is 54.0 Å². The van der Waals surface area contributed by atoms with Crippen LogP contribution in [0, 0.1) is 0 Å². The van der Waals surface area contributed by atoms with Crippen LogP contribution < -0.4 is 21.1 Å². The predicted molar refractivity (Wildman–Crippen MR) is 166 cm³/mol. The summed E-state index contributed by atoms with van der Waals surface area (Å²) in [5.41, 5.74) is 2.08. The van der Waals surface area contributed by atoms with Gasteiger partial charge in [0.25, 0.3) is 5.56 Å². The topological polar surface area (TPSA) is 117 Å². The maximum atomic E-state index is 14.2. The van der Waals surface area contributed by atoms with Crippen LogP contribution in [0.5, 0.6) is 0 Å². The van der Waals surface area contributed by atoms with E-state index in [0.29, 0.717) is 48.5 Å². The summed E-state index contributed by atoms with van der Waals surface area (Å²) in [6.45, 7) is 2.18. The second kappa shape index (κ2) is 11.5. The standard InChI is InChI=1S/C32H26F3N9O/c33-32(34,35)26-15-22(7-8-27(26)43-12-10-36-11-13-43)41-31-40-18-20-14-25(30(45)44(29(20)42-31)28-6-3-9-39-28)24-5-2-1-4-23(24)21-16-37-19-38-17-21/h1-9,14-19,36,39H,10-13H2,(H,40,41,42). The number of H-pyrrole nitrogens is 1. The van der Waals surface area contributed by atoms with Crippen molar-refractivity contribution < 1.29 is 13.2 Å². The van der Waals surface area contributed by atoms with Crippen LogP contribution in [0.3, 0.4) is 0 Å². The summed E-state index contributed by atoms with van der Waals surface area (Å²) < 4.78 is 43.9. The number of benzene rings is 2. The minimum Gasteiger partial charge on any atom is -0.368 e. The first-order valence-corrected chi connectivity index (χ1v) is 14.2. The largest absolute Gasteiger partial charge is 0.418 e. The fraction of sp³-hybridized carbons (Fsp3) is 0.156. The maximum Gasteiger partial charge on any atom is 0.418 e. The van der Waals surface area contributed by atoms with Crippen LogP contribution in [-0.2, 0) is 6.18 Å². The van der Waals surface area contributed by atoms with E-state index in [1.807, 2.05) is 24.3 Å². The summed E-state index contributed by atoms with van der Waals surface area (Å²) in [4.78, 5) is 36.2. The van der Waals surface area contributed by atoms with Gasteiger partial charge in [-0.15, -0.1) is 0 Å². The SMILES string of the molecule is O=c1c(-c2ccccc2-c2cncnc2)cc2cnc(Nc3ccc(N4CCNCC4)c(C(F)(F)F)c3)nc2n1-c1ccc[nH]1. The molecule has 0 radical (unpaired) electrons. The molecule has 1 saturated heterocycles. The number of fused-ring (bicyclic) bond motifs is 1. The Kier molecular flexibility index (Phi) is 7.22. The highest BCUT2D eigenvalue weighted by molar-refractivity contribution is 5.88. The number of aromatic amines is 1. The Morgan fingerprint density at radius 2 is 1.64 bits per heavy atom. The zero-order valence-corrected chi connectivity index (χ0v) is 23.7. The molecule has 5 heterocycles. The number of pyridine rings is 1. The van der Waals surface area contributed by atoms with Gasteiger partial charge in [-0.25, -0.2) is 19.5 Å². The van der Waals surface area contributed by atoms with Gasteiger partial charge in [-0.3, -0.25) is 4.79 Å². The molecule has 0 bridgehead atoms. The minimum absolute atomic E-state index is 0.0415. The Balaban J connectivity index is 1.33. The molecule has 0 aliphatic carbocycles. The van der Waals surface area contributed by atoms with E-state index in [1.165, 1.54) is 17.0 Å². The van der Waals surface area contributed by atoms with Crippen LogP contribution in [0.4, 0.5) is 30.5 Å². The minimum atomic E-state index is -4.56. The van der Waals surface area contributed by atoms with E-state index in [9.17, 15) is 18.0 Å². The van der Waals surface area contributed by atoms with Crippen molar-refractivity contribution in [2.45, 2.75) is 6.18 Å². The third kappa shape index (κ3) is 5.49. The number of aromatic nitrogens is 6. The molecular weight excluding hydrogens is 583 g/mol. The van der Waals surface area contributed by atoms with Gasteiger partial charge in [0.1, 0.15) is 12.1 Å². The Hall–Kier alpha value is -5.56. The van der Waals surface area contributed by atoms with Crippen molar-refractivity contribution in [1.82, 2.24) is 34.8 Å². The third-order valence-corrected chi connectivity index (χ3v) is 7.67. The number of nitrogens with one attached hydrogen (secondary N) is 3. The molecule has 226 valence electrons. The van der Waals surface area contributed by atoms with Gasteiger partial charge in [-0.2, -0.15) is 18.2 Å². The molecule has 0 atom stereocenters. The zero-order chi connectivity index (χ0) is 31.0. The second-order valence-corrected chi connectivity index (χ2v) is 10.5. The number of alkyl halides is 3. The van der Waals surface area contributed by atoms with E-state index in [2.05, 4.69) is 35.6 Å². The van der Waals surface area contributed by atoms with Crippen LogP contribution in [0.1, 0.15) is 5.56 Å². The first kappa shape index (κ1) is 28.2. The van der Waals surface area contributed by atoms with Crippen molar-refractivity contribution in [2.24, 2.45) is 0 Å². The lowest BCUT2D eigenvalue weighted by Crippen LogP contribution is -2.44. The summed E-state index contributed by atoms with van der Waals surface area (Å²) in [6, 6.07) is 16.8. The van der Waals surface area contributed by atoms with Crippen molar-refractivity contribution >= 4 is 28.4 Å². The van der Waals surface area contributed by atoms with Crippen molar-refractivity contribution in [1.29, 1.82) is 0 Å². The normalized spacial score (nSPS) is 13.7. The van der Waals surface area contributed by atoms with Gasteiger partial charge in [0.05, 0.1) is 5.56 Å². The summed E-state index contributed by atoms with van der Waals surface area (Å²) in [6.07, 6.45) is 3.47. The smallest absolute Gasteiger partial charge is 0.368 e. The zero-order valence-electron chi connectivity index (χ0n) is 23.7. The average molecular weight is 610 g/mol. The summed E-state index contributed by atoms with van der Waals surface area (Å²) in [7, 11) is 0. The number of hydrogen-bond donors (Lipinski definition) is 3. The molecule has 0 saturated carbocycles. The van der Waals surface area contributed by atoms with Gasteiger partial charge in [-0.1, -0.05) is 24.3 Å². The number of anilines is 3. The van der Waals surface area contributed by atoms with Crippen LogP contribution in [-0.4, -0.2) is 55.7 Å². The van der Waals surface area contributed by atoms with Crippen LogP contribution >= 0.6 is 0 Å². The Morgan fingerprint density at radius 1 is 0.867 bits per heavy atom. The molecule has 2 aromatic carbocycles. The van der Waals surface area contributed by atoms with Gasteiger partial charge in [-0.05, 0) is 47.5 Å². The van der Waals surface area contributed by atoms with Crippen molar-refractivity contribution in [2.75, 3.05) is 36.4 Å². The van der Waals surface area contributed by atoms with E-state index >= 15 is 0 Å². The summed E-state index contributed by atoms with van der Waals surface area (Å²) in [5, 5.41) is 6.62. The molecule has 4 aromatic heterocycles. The molecular formula is C32H26F3N9O. The molecule has 3 N–H and O–H groups in total. The lowest BCUT2D eigenvalue weighted by atomic mass is 9.96. The van der Waals surface area contributed by atoms with E-state index in [0.717, 1.165) is 17.2 Å². The predicted octanol–water partition coefficient (Wildman–Crippen LogP) is 5.40. The highest BCUT2D eigenvalue weighted by Crippen LogP contribution is 2.39. The molecule has 1 aliphatic heterocycles. The quantitative estimate of drug-likeness (QED) is 0.230. The molecule has 6 aromatic rings. The fourth-order valence-electron chi connectivity index (χ4n) is 5.59. The second-order valence-electron chi connectivity index (χ2n) is 10.5. The van der Waals surface area contributed by atoms with E-state index in [-0.39, 0.29) is 28.5 Å². The van der Waals surface area contributed by atoms with Crippen LogP contribution in [0.25, 0.3) is 39.1 Å². The van der Waals surface area contributed by atoms with E-state index < -0.39 is 11.7 Å². The van der Waals surface area contributed by atoms with Gasteiger partial charge < -0.3 is 20.5 Å². The highest BCUT2D eigenvalue weighted by atomic mass is 19.4. The molecule has 10 nitrogen and oxygen atoms in total. The monoisotopic (exact) mass is 609 g/mol. The summed E-state index contributed by atoms with van der Waals surface area (Å²) >= 11 is 0. The van der Waals surface area contributed by atoms with Gasteiger partial charge in [0, 0.05) is 78.9 Å². The van der Waals surface area contributed by atoms with Crippen molar-refractivity contribution in [3.05, 3.63) is 108 Å². The highest BCUT2D eigenvalue weighted by Gasteiger charge is 2.35.